The quantitative estimate of drug-likeness (QED) is 0.357. The number of aliphatic hydroxyl groups excluding tert-OH is 1. The fourth-order valence-electron chi connectivity index (χ4n) is 5.48. The van der Waals surface area contributed by atoms with Gasteiger partial charge < -0.3 is 25.0 Å². The van der Waals surface area contributed by atoms with Crippen molar-refractivity contribution in [2.45, 2.75) is 30.9 Å². The summed E-state index contributed by atoms with van der Waals surface area (Å²) < 4.78 is 19.4. The summed E-state index contributed by atoms with van der Waals surface area (Å²) in [6, 6.07) is 7.37. The van der Waals surface area contributed by atoms with Crippen molar-refractivity contribution in [3.63, 3.8) is 0 Å². The van der Waals surface area contributed by atoms with E-state index in [1.807, 2.05) is 7.05 Å². The highest BCUT2D eigenvalue weighted by atomic mass is 35.5. The van der Waals surface area contributed by atoms with E-state index in [1.54, 1.807) is 18.2 Å². The molecule has 2 unspecified atom stereocenters. The van der Waals surface area contributed by atoms with Gasteiger partial charge in [0.2, 0.25) is 5.91 Å². The number of hydrogen-bond donors (Lipinski definition) is 3. The smallest absolute Gasteiger partial charge is 0.261 e. The number of halogens is 2. The average molecular weight is 595 g/mol. The molecule has 3 aliphatic heterocycles. The molecule has 1 fully saturated rings. The summed E-state index contributed by atoms with van der Waals surface area (Å²) in [5.74, 6) is -2.52. The number of aliphatic imine (C=N–C) groups is 1. The molecule has 0 bridgehead atoms. The maximum Gasteiger partial charge on any atom is 0.261 e. The highest BCUT2D eigenvalue weighted by Gasteiger charge is 2.41. The summed E-state index contributed by atoms with van der Waals surface area (Å²) in [7, 11) is 2.02. The number of fused-ring (bicyclic) bond motifs is 2. The van der Waals surface area contributed by atoms with E-state index in [4.69, 9.17) is 16.3 Å². The molecule has 0 aliphatic carbocycles. The highest BCUT2D eigenvalue weighted by molar-refractivity contribution is 6.30. The number of amides is 3. The number of likely N-dealkylation sites (tertiary alicyclic amines) is 1. The van der Waals surface area contributed by atoms with Gasteiger partial charge in [0.05, 0.1) is 39.4 Å². The van der Waals surface area contributed by atoms with E-state index in [9.17, 15) is 23.9 Å². The number of allylic oxidation sites excluding steroid dienone is 1. The summed E-state index contributed by atoms with van der Waals surface area (Å²) in [5.41, 5.74) is 1.88. The van der Waals surface area contributed by atoms with E-state index in [2.05, 4.69) is 25.2 Å². The first-order valence-corrected chi connectivity index (χ1v) is 13.9. The van der Waals surface area contributed by atoms with E-state index in [1.165, 1.54) is 29.3 Å². The third-order valence-corrected chi connectivity index (χ3v) is 8.03. The molecular weight excluding hydrogens is 567 g/mol. The van der Waals surface area contributed by atoms with Gasteiger partial charge in [0.15, 0.2) is 11.6 Å². The summed E-state index contributed by atoms with van der Waals surface area (Å²) in [4.78, 5) is 55.1. The largest absolute Gasteiger partial charge is 0.488 e. The van der Waals surface area contributed by atoms with Crippen LogP contribution in [0.5, 0.6) is 5.75 Å². The van der Waals surface area contributed by atoms with Crippen LogP contribution in [0.4, 0.5) is 4.39 Å². The lowest BCUT2D eigenvalue weighted by Gasteiger charge is -2.33. The van der Waals surface area contributed by atoms with Gasteiger partial charge in [-0.3, -0.25) is 24.3 Å². The number of aliphatic hydroxyl groups is 1. The molecular formula is C29H28ClFN6O5. The number of aromatic amines is 1. The molecule has 3 aliphatic rings. The van der Waals surface area contributed by atoms with Crippen LogP contribution in [0.3, 0.4) is 0 Å². The average Bonchev–Trinajstić information content (AvgIpc) is 3.49. The summed E-state index contributed by atoms with van der Waals surface area (Å²) in [6.45, 7) is 1.25. The zero-order chi connectivity index (χ0) is 29.5. The minimum atomic E-state index is -1.10. The maximum atomic E-state index is 14.1. The Hall–Kier alpha value is -4.13. The van der Waals surface area contributed by atoms with Crippen LogP contribution in [0.1, 0.15) is 45.3 Å². The fourth-order valence-corrected chi connectivity index (χ4v) is 5.65. The molecule has 1 aromatic heterocycles. The third kappa shape index (κ3) is 5.17. The van der Waals surface area contributed by atoms with Gasteiger partial charge in [-0.15, -0.1) is 0 Å². The first kappa shape index (κ1) is 28.0. The van der Waals surface area contributed by atoms with Crippen molar-refractivity contribution < 1.29 is 28.6 Å². The van der Waals surface area contributed by atoms with E-state index >= 15 is 0 Å². The van der Waals surface area contributed by atoms with Crippen molar-refractivity contribution >= 4 is 46.1 Å². The van der Waals surface area contributed by atoms with Gasteiger partial charge in [-0.2, -0.15) is 0 Å². The minimum Gasteiger partial charge on any atom is -0.488 e. The van der Waals surface area contributed by atoms with Crippen LogP contribution in [0.15, 0.2) is 47.6 Å². The number of nitrogens with one attached hydrogen (secondary N) is 2. The van der Waals surface area contributed by atoms with Gasteiger partial charge in [-0.1, -0.05) is 17.7 Å². The van der Waals surface area contributed by atoms with Gasteiger partial charge >= 0.3 is 0 Å². The second-order valence-electron chi connectivity index (χ2n) is 10.6. The SMILES string of the molecule is CN1CCC(N2C(=O)c3cc4nc(C5C(=O)NC=CC5=NCC(O)COc5cccc(Cl)c5F)[nH]c4cc3C2=O)CC1. The van der Waals surface area contributed by atoms with Gasteiger partial charge in [0, 0.05) is 12.2 Å². The molecule has 4 heterocycles. The number of H-pyrrole nitrogens is 1. The van der Waals surface area contributed by atoms with Crippen molar-refractivity contribution in [1.29, 1.82) is 0 Å². The van der Waals surface area contributed by atoms with E-state index in [0.717, 1.165) is 25.9 Å². The molecule has 1 saturated heterocycles. The number of aromatic nitrogens is 2. The topological polar surface area (TPSA) is 140 Å². The van der Waals surface area contributed by atoms with Crippen LogP contribution in [-0.4, -0.2) is 93.7 Å². The van der Waals surface area contributed by atoms with Crippen LogP contribution in [-0.2, 0) is 4.79 Å². The van der Waals surface area contributed by atoms with Crippen LogP contribution in [0, 0.1) is 5.82 Å². The summed E-state index contributed by atoms with van der Waals surface area (Å²) >= 11 is 5.76. The highest BCUT2D eigenvalue weighted by Crippen LogP contribution is 2.32. The standard InChI is InChI=1S/C29H28ClFN6O5/c1-36-9-6-15(7-10-36)37-28(40)17-11-21-22(12-18(17)29(37)41)35-26(34-21)24-20(5-8-32-27(24)39)33-13-16(38)14-42-23-4-2-3-19(30)25(23)31/h2-5,8,11-12,15-16,24,38H,6-7,9-10,13-14H2,1H3,(H,32,39)(H,34,35). The Balaban J connectivity index is 1.20. The predicted molar refractivity (Wildman–Crippen MR) is 152 cm³/mol. The Labute approximate surface area is 245 Å². The lowest BCUT2D eigenvalue weighted by molar-refractivity contribution is -0.120. The Kier molecular flexibility index (Phi) is 7.52. The lowest BCUT2D eigenvalue weighted by Crippen LogP contribution is -2.46. The fraction of sp³-hybridized carbons (Fsp3) is 0.345. The molecule has 42 heavy (non-hydrogen) atoms. The monoisotopic (exact) mass is 594 g/mol. The number of carbonyl (C=O) groups is 3. The number of benzene rings is 2. The van der Waals surface area contributed by atoms with Crippen LogP contribution in [0.2, 0.25) is 5.02 Å². The Morgan fingerprint density at radius 1 is 1.19 bits per heavy atom. The first-order chi connectivity index (χ1) is 20.2. The van der Waals surface area contributed by atoms with Crippen LogP contribution >= 0.6 is 11.6 Å². The Bertz CT molecular complexity index is 1590. The molecule has 6 rings (SSSR count). The molecule has 2 atom stereocenters. The number of imide groups is 1. The second kappa shape index (κ2) is 11.3. The van der Waals surface area contributed by atoms with Crippen molar-refractivity contribution in [1.82, 2.24) is 25.1 Å². The van der Waals surface area contributed by atoms with Crippen molar-refractivity contribution in [3.8, 4) is 5.75 Å². The molecule has 0 radical (unpaired) electrons. The molecule has 11 nitrogen and oxygen atoms in total. The molecule has 3 amide bonds. The number of imidazole rings is 1. The zero-order valence-electron chi connectivity index (χ0n) is 22.6. The van der Waals surface area contributed by atoms with Crippen molar-refractivity contribution in [2.24, 2.45) is 4.99 Å². The van der Waals surface area contributed by atoms with Crippen LogP contribution in [0.25, 0.3) is 11.0 Å². The first-order valence-electron chi connectivity index (χ1n) is 13.6. The second-order valence-corrected chi connectivity index (χ2v) is 11.0. The number of hydrogen-bond acceptors (Lipinski definition) is 8. The number of carbonyl (C=O) groups excluding carboxylic acids is 3. The molecule has 13 heteroatoms. The predicted octanol–water partition coefficient (Wildman–Crippen LogP) is 2.65. The summed E-state index contributed by atoms with van der Waals surface area (Å²) in [6.07, 6.45) is 3.39. The van der Waals surface area contributed by atoms with Crippen molar-refractivity contribution in [2.75, 3.05) is 33.3 Å². The Morgan fingerprint density at radius 2 is 1.93 bits per heavy atom. The molecule has 3 aromatic rings. The number of nitrogens with zero attached hydrogens (tertiary/aromatic N) is 4. The molecule has 0 spiro atoms. The van der Waals surface area contributed by atoms with E-state index in [0.29, 0.717) is 27.9 Å². The molecule has 218 valence electrons. The summed E-state index contributed by atoms with van der Waals surface area (Å²) in [5, 5.41) is 12.9. The zero-order valence-corrected chi connectivity index (χ0v) is 23.4. The lowest BCUT2D eigenvalue weighted by atomic mass is 9.99. The molecule has 2 aromatic carbocycles. The van der Waals surface area contributed by atoms with E-state index in [-0.39, 0.29) is 47.6 Å². The Morgan fingerprint density at radius 3 is 2.69 bits per heavy atom. The number of rotatable bonds is 7. The van der Waals surface area contributed by atoms with Gasteiger partial charge in [0.25, 0.3) is 11.8 Å². The van der Waals surface area contributed by atoms with Gasteiger partial charge in [0.1, 0.15) is 24.5 Å². The maximum absolute atomic E-state index is 14.1. The van der Waals surface area contributed by atoms with Crippen LogP contribution < -0.4 is 10.1 Å². The number of ether oxygens (including phenoxy) is 1. The van der Waals surface area contributed by atoms with Crippen molar-refractivity contribution in [3.05, 3.63) is 70.4 Å². The molecule has 3 N–H and O–H groups in total. The third-order valence-electron chi connectivity index (χ3n) is 7.73. The van der Waals surface area contributed by atoms with Gasteiger partial charge in [-0.05, 0) is 63.3 Å². The minimum absolute atomic E-state index is 0.0929. The number of piperidine rings is 1. The van der Waals surface area contributed by atoms with Gasteiger partial charge in [-0.25, -0.2) is 9.37 Å². The molecule has 0 saturated carbocycles. The van der Waals surface area contributed by atoms with E-state index < -0.39 is 23.7 Å². The normalized spacial score (nSPS) is 21.3.